The molecule has 0 aromatic heterocycles. The fourth-order valence-electron chi connectivity index (χ4n) is 2.86. The fraction of sp³-hybridized carbons (Fsp3) is 0.278. The summed E-state index contributed by atoms with van der Waals surface area (Å²) in [6.45, 7) is 4.77. The van der Waals surface area contributed by atoms with E-state index in [0.717, 1.165) is 22.4 Å². The predicted molar refractivity (Wildman–Crippen MR) is 82.5 cm³/mol. The summed E-state index contributed by atoms with van der Waals surface area (Å²) in [6, 6.07) is 14.1. The Labute approximate surface area is 125 Å². The summed E-state index contributed by atoms with van der Waals surface area (Å²) in [4.78, 5) is 14.5. The van der Waals surface area contributed by atoms with Crippen LogP contribution in [0.15, 0.2) is 42.5 Å². The van der Waals surface area contributed by atoms with E-state index in [1.807, 2.05) is 41.3 Å². The van der Waals surface area contributed by atoms with Gasteiger partial charge in [0.2, 0.25) is 0 Å². The van der Waals surface area contributed by atoms with Crippen LogP contribution in [-0.2, 0) is 6.54 Å². The number of amides is 1. The van der Waals surface area contributed by atoms with Gasteiger partial charge in [0, 0.05) is 12.1 Å². The van der Waals surface area contributed by atoms with Crippen molar-refractivity contribution in [3.8, 4) is 5.75 Å². The summed E-state index contributed by atoms with van der Waals surface area (Å²) in [5, 5.41) is 0. The molecule has 0 N–H and O–H groups in total. The van der Waals surface area contributed by atoms with E-state index in [1.54, 1.807) is 7.11 Å². The van der Waals surface area contributed by atoms with Gasteiger partial charge in [-0.2, -0.15) is 0 Å². The average molecular weight is 281 g/mol. The third-order valence-electron chi connectivity index (χ3n) is 4.13. The molecule has 1 aliphatic rings. The average Bonchev–Trinajstić information content (AvgIpc) is 2.73. The molecule has 2 aromatic rings. The molecule has 1 heterocycles. The Hall–Kier alpha value is -2.29. The van der Waals surface area contributed by atoms with E-state index in [2.05, 4.69) is 19.9 Å². The van der Waals surface area contributed by atoms with Crippen molar-refractivity contribution in [2.75, 3.05) is 7.11 Å². The maximum absolute atomic E-state index is 12.5. The number of benzene rings is 2. The first-order chi connectivity index (χ1) is 10.1. The highest BCUT2D eigenvalue weighted by Gasteiger charge is 2.33. The Morgan fingerprint density at radius 1 is 1.14 bits per heavy atom. The number of methoxy groups -OCH3 is 1. The topological polar surface area (TPSA) is 29.5 Å². The lowest BCUT2D eigenvalue weighted by Crippen LogP contribution is -2.26. The first-order valence-electron chi connectivity index (χ1n) is 7.14. The first-order valence-corrected chi connectivity index (χ1v) is 7.14. The second-order valence-corrected chi connectivity index (χ2v) is 5.55. The lowest BCUT2D eigenvalue weighted by molar-refractivity contribution is 0.0723. The van der Waals surface area contributed by atoms with Crippen molar-refractivity contribution >= 4 is 5.91 Å². The smallest absolute Gasteiger partial charge is 0.255 e. The molecule has 3 nitrogen and oxygen atoms in total. The molecule has 108 valence electrons. The molecule has 1 amide bonds. The monoisotopic (exact) mass is 281 g/mol. The van der Waals surface area contributed by atoms with Crippen LogP contribution in [0.5, 0.6) is 5.75 Å². The molecular weight excluding hydrogens is 262 g/mol. The van der Waals surface area contributed by atoms with Gasteiger partial charge in [0.05, 0.1) is 13.2 Å². The van der Waals surface area contributed by atoms with Crippen molar-refractivity contribution in [1.29, 1.82) is 0 Å². The van der Waals surface area contributed by atoms with Gasteiger partial charge in [-0.05, 0) is 43.2 Å². The van der Waals surface area contributed by atoms with E-state index in [9.17, 15) is 4.79 Å². The number of fused-ring (bicyclic) bond motifs is 1. The van der Waals surface area contributed by atoms with Crippen LogP contribution in [0.1, 0.15) is 40.0 Å². The van der Waals surface area contributed by atoms with Crippen molar-refractivity contribution in [2.24, 2.45) is 0 Å². The van der Waals surface area contributed by atoms with Gasteiger partial charge in [-0.3, -0.25) is 4.79 Å². The van der Waals surface area contributed by atoms with Gasteiger partial charge >= 0.3 is 0 Å². The molecule has 21 heavy (non-hydrogen) atoms. The number of aryl methyl sites for hydroxylation is 1. The van der Waals surface area contributed by atoms with Crippen LogP contribution in [0.25, 0.3) is 0 Å². The number of hydrogen-bond acceptors (Lipinski definition) is 2. The van der Waals surface area contributed by atoms with Gasteiger partial charge in [0.15, 0.2) is 0 Å². The maximum atomic E-state index is 12.5. The fourth-order valence-corrected chi connectivity index (χ4v) is 2.86. The molecule has 2 aromatic carbocycles. The van der Waals surface area contributed by atoms with Crippen LogP contribution in [0.2, 0.25) is 0 Å². The lowest BCUT2D eigenvalue weighted by atomic mass is 10.0. The van der Waals surface area contributed by atoms with Crippen molar-refractivity contribution in [1.82, 2.24) is 4.90 Å². The summed E-state index contributed by atoms with van der Waals surface area (Å²) in [5.41, 5.74) is 4.27. The lowest BCUT2D eigenvalue weighted by Gasteiger charge is -2.22. The minimum Gasteiger partial charge on any atom is -0.497 e. The quantitative estimate of drug-likeness (QED) is 0.858. The molecule has 0 fully saturated rings. The van der Waals surface area contributed by atoms with Gasteiger partial charge in [-0.1, -0.05) is 29.8 Å². The van der Waals surface area contributed by atoms with E-state index in [-0.39, 0.29) is 11.9 Å². The Morgan fingerprint density at radius 3 is 2.52 bits per heavy atom. The molecule has 0 spiro atoms. The molecule has 0 aliphatic carbocycles. The van der Waals surface area contributed by atoms with Crippen molar-refractivity contribution in [2.45, 2.75) is 26.4 Å². The molecule has 0 saturated heterocycles. The van der Waals surface area contributed by atoms with Gasteiger partial charge in [0.1, 0.15) is 5.75 Å². The Bertz CT molecular complexity index is 676. The zero-order valence-electron chi connectivity index (χ0n) is 12.6. The maximum Gasteiger partial charge on any atom is 0.255 e. The van der Waals surface area contributed by atoms with Gasteiger partial charge in [-0.25, -0.2) is 0 Å². The number of carbonyl (C=O) groups is 1. The van der Waals surface area contributed by atoms with E-state index >= 15 is 0 Å². The highest BCUT2D eigenvalue weighted by Crippen LogP contribution is 2.35. The van der Waals surface area contributed by atoms with E-state index < -0.39 is 0 Å². The summed E-state index contributed by atoms with van der Waals surface area (Å²) < 4.78 is 5.16. The highest BCUT2D eigenvalue weighted by molar-refractivity contribution is 5.99. The summed E-state index contributed by atoms with van der Waals surface area (Å²) >= 11 is 0. The number of nitrogens with zero attached hydrogens (tertiary/aromatic N) is 1. The third-order valence-corrected chi connectivity index (χ3v) is 4.13. The molecule has 1 aliphatic heterocycles. The molecule has 0 radical (unpaired) electrons. The molecule has 1 atom stereocenters. The number of ether oxygens (including phenoxy) is 1. The van der Waals surface area contributed by atoms with Crippen LogP contribution in [0.3, 0.4) is 0 Å². The second kappa shape index (κ2) is 5.24. The number of rotatable bonds is 3. The van der Waals surface area contributed by atoms with Crippen molar-refractivity contribution in [3.05, 3.63) is 64.7 Å². The van der Waals surface area contributed by atoms with Gasteiger partial charge in [0.25, 0.3) is 5.91 Å². The molecule has 3 heteroatoms. The largest absolute Gasteiger partial charge is 0.497 e. The first kappa shape index (κ1) is 13.7. The highest BCUT2D eigenvalue weighted by atomic mass is 16.5. The normalized spacial score (nSPS) is 17.0. The van der Waals surface area contributed by atoms with Gasteiger partial charge in [-0.15, -0.1) is 0 Å². The Kier molecular flexibility index (Phi) is 3.42. The number of hydrogen-bond donors (Lipinski definition) is 0. The Balaban J connectivity index is 1.85. The predicted octanol–water partition coefficient (Wildman–Crippen LogP) is 3.72. The van der Waals surface area contributed by atoms with Crippen molar-refractivity contribution in [3.63, 3.8) is 0 Å². The van der Waals surface area contributed by atoms with E-state index in [0.29, 0.717) is 6.54 Å². The zero-order valence-corrected chi connectivity index (χ0v) is 12.6. The van der Waals surface area contributed by atoms with Crippen LogP contribution in [-0.4, -0.2) is 17.9 Å². The van der Waals surface area contributed by atoms with Gasteiger partial charge < -0.3 is 9.64 Å². The summed E-state index contributed by atoms with van der Waals surface area (Å²) in [6.07, 6.45) is 0. The zero-order chi connectivity index (χ0) is 15.0. The van der Waals surface area contributed by atoms with E-state index in [1.165, 1.54) is 5.56 Å². The Morgan fingerprint density at radius 2 is 1.86 bits per heavy atom. The molecule has 3 rings (SSSR count). The summed E-state index contributed by atoms with van der Waals surface area (Å²) in [7, 11) is 1.65. The number of carbonyl (C=O) groups excluding carboxylic acids is 1. The molecule has 0 saturated carbocycles. The molecular formula is C18H19NO2. The minimum atomic E-state index is 0.119. The van der Waals surface area contributed by atoms with Crippen LogP contribution in [0.4, 0.5) is 0 Å². The summed E-state index contributed by atoms with van der Waals surface area (Å²) in [5.74, 6) is 0.951. The van der Waals surface area contributed by atoms with E-state index in [4.69, 9.17) is 4.74 Å². The van der Waals surface area contributed by atoms with Crippen LogP contribution in [0, 0.1) is 6.92 Å². The molecule has 0 bridgehead atoms. The minimum absolute atomic E-state index is 0.119. The van der Waals surface area contributed by atoms with Crippen LogP contribution >= 0.6 is 0 Å². The van der Waals surface area contributed by atoms with Crippen LogP contribution < -0.4 is 4.74 Å². The van der Waals surface area contributed by atoms with Crippen molar-refractivity contribution < 1.29 is 9.53 Å². The molecule has 1 unspecified atom stereocenters. The SMILES string of the molecule is COc1ccc(CN2C(=O)c3ccc(C)cc3C2C)cc1. The standard InChI is InChI=1S/C18H19NO2/c1-12-4-9-16-17(10-12)13(2)19(18(16)20)11-14-5-7-15(21-3)8-6-14/h4-10,13H,11H2,1-3H3. The third kappa shape index (κ3) is 2.40. The second-order valence-electron chi connectivity index (χ2n) is 5.55.